The smallest absolute Gasteiger partial charge is 0.343 e. The van der Waals surface area contributed by atoms with Crippen molar-refractivity contribution in [2.75, 3.05) is 6.61 Å². The summed E-state index contributed by atoms with van der Waals surface area (Å²) in [6.45, 7) is 4.19. The van der Waals surface area contributed by atoms with E-state index < -0.39 is 17.2 Å². The third kappa shape index (κ3) is 3.50. The number of carbonyl (C=O) groups is 1. The van der Waals surface area contributed by atoms with Crippen LogP contribution in [0.4, 0.5) is 4.39 Å². The van der Waals surface area contributed by atoms with Crippen LogP contribution in [0.2, 0.25) is 0 Å². The van der Waals surface area contributed by atoms with Crippen molar-refractivity contribution in [3.8, 4) is 21.8 Å². The number of halogens is 1. The molecule has 8 heteroatoms. The number of fused-ring (bicyclic) bond motifs is 1. The summed E-state index contributed by atoms with van der Waals surface area (Å²) in [5.41, 5.74) is 1.49. The Balaban J connectivity index is 1.87. The van der Waals surface area contributed by atoms with Gasteiger partial charge in [0, 0.05) is 47.0 Å². The van der Waals surface area contributed by atoms with Crippen LogP contribution < -0.4 is 5.43 Å². The molecule has 0 spiro atoms. The van der Waals surface area contributed by atoms with Crippen LogP contribution >= 0.6 is 11.3 Å². The normalized spacial score (nSPS) is 11.0. The predicted molar refractivity (Wildman–Crippen MR) is 114 cm³/mol. The summed E-state index contributed by atoms with van der Waals surface area (Å²) in [5, 5.41) is 2.63. The zero-order valence-electron chi connectivity index (χ0n) is 16.4. The minimum absolute atomic E-state index is 0.106. The molecule has 0 unspecified atom stereocenters. The number of thiazole rings is 1. The lowest BCUT2D eigenvalue weighted by Gasteiger charge is -2.13. The van der Waals surface area contributed by atoms with E-state index >= 15 is 4.39 Å². The number of ether oxygens (including phenoxy) is 1. The van der Waals surface area contributed by atoms with E-state index in [2.05, 4.69) is 9.97 Å². The number of benzene rings is 1. The molecule has 30 heavy (non-hydrogen) atoms. The zero-order chi connectivity index (χ0) is 21.3. The van der Waals surface area contributed by atoms with E-state index in [9.17, 15) is 9.59 Å². The second-order valence-corrected chi connectivity index (χ2v) is 7.37. The fourth-order valence-electron chi connectivity index (χ4n) is 3.24. The number of pyridine rings is 2. The summed E-state index contributed by atoms with van der Waals surface area (Å²) >= 11 is 1.39. The number of hydrogen-bond donors (Lipinski definition) is 0. The average Bonchev–Trinajstić information content (AvgIpc) is 3.25. The fourth-order valence-corrected chi connectivity index (χ4v) is 4.05. The Morgan fingerprint density at radius 1 is 1.30 bits per heavy atom. The highest BCUT2D eigenvalue weighted by atomic mass is 32.1. The van der Waals surface area contributed by atoms with Gasteiger partial charge in [0.05, 0.1) is 17.8 Å². The highest BCUT2D eigenvalue weighted by molar-refractivity contribution is 7.13. The van der Waals surface area contributed by atoms with Gasteiger partial charge in [-0.1, -0.05) is 0 Å². The Hall–Kier alpha value is -3.39. The lowest BCUT2D eigenvalue weighted by Crippen LogP contribution is -2.21. The lowest BCUT2D eigenvalue weighted by molar-refractivity contribution is 0.0524. The van der Waals surface area contributed by atoms with Crippen molar-refractivity contribution in [3.05, 3.63) is 69.8 Å². The lowest BCUT2D eigenvalue weighted by atomic mass is 10.1. The van der Waals surface area contributed by atoms with Crippen molar-refractivity contribution < 1.29 is 13.9 Å². The second kappa shape index (κ2) is 8.16. The molecule has 0 atom stereocenters. The molecule has 0 bridgehead atoms. The first-order valence-corrected chi connectivity index (χ1v) is 10.3. The predicted octanol–water partition coefficient (Wildman–Crippen LogP) is 4.52. The topological polar surface area (TPSA) is 74.1 Å². The first-order valence-electron chi connectivity index (χ1n) is 9.43. The molecule has 4 rings (SSSR count). The van der Waals surface area contributed by atoms with E-state index in [1.54, 1.807) is 35.3 Å². The van der Waals surface area contributed by atoms with E-state index in [1.807, 2.05) is 19.1 Å². The van der Waals surface area contributed by atoms with Gasteiger partial charge in [-0.3, -0.25) is 9.78 Å². The molecule has 3 aromatic heterocycles. The Kier molecular flexibility index (Phi) is 5.41. The number of aryl methyl sites for hydroxylation is 1. The zero-order valence-corrected chi connectivity index (χ0v) is 17.2. The van der Waals surface area contributed by atoms with Crippen molar-refractivity contribution in [1.82, 2.24) is 14.5 Å². The van der Waals surface area contributed by atoms with Gasteiger partial charge in [-0.15, -0.1) is 11.3 Å². The summed E-state index contributed by atoms with van der Waals surface area (Å²) in [6.07, 6.45) is 4.84. The van der Waals surface area contributed by atoms with Crippen LogP contribution in [0.15, 0.2) is 53.0 Å². The van der Waals surface area contributed by atoms with Gasteiger partial charge in [0.2, 0.25) is 5.43 Å². The van der Waals surface area contributed by atoms with Crippen molar-refractivity contribution in [2.24, 2.45) is 0 Å². The van der Waals surface area contributed by atoms with Crippen LogP contribution in [0.1, 0.15) is 24.2 Å². The number of carbonyl (C=O) groups excluding carboxylic acids is 1. The largest absolute Gasteiger partial charge is 0.462 e. The summed E-state index contributed by atoms with van der Waals surface area (Å²) in [4.78, 5) is 33.6. The maximum absolute atomic E-state index is 15.0. The first kappa shape index (κ1) is 19.9. The minimum Gasteiger partial charge on any atom is -0.462 e. The number of nitrogens with zero attached hydrogens (tertiary/aromatic N) is 3. The molecule has 0 fully saturated rings. The maximum atomic E-state index is 15.0. The second-order valence-electron chi connectivity index (χ2n) is 6.51. The molecule has 0 N–H and O–H groups in total. The van der Waals surface area contributed by atoms with E-state index in [-0.39, 0.29) is 17.6 Å². The number of rotatable bonds is 5. The standard InChI is InChI=1S/C22H18FN3O3S/c1-3-26-11-16(22(28)29-4-2)20(27)15-8-17(23)14(9-19(15)26)18-12-30-21(25-18)13-6-5-7-24-10-13/h5-12H,3-4H2,1-2H3. The van der Waals surface area contributed by atoms with Crippen LogP contribution in [-0.2, 0) is 11.3 Å². The Morgan fingerprint density at radius 3 is 2.83 bits per heavy atom. The van der Waals surface area contributed by atoms with Crippen molar-refractivity contribution >= 4 is 28.2 Å². The van der Waals surface area contributed by atoms with Crippen molar-refractivity contribution in [1.29, 1.82) is 0 Å². The summed E-state index contributed by atoms with van der Waals surface area (Å²) in [5.74, 6) is -1.29. The molecule has 3 heterocycles. The summed E-state index contributed by atoms with van der Waals surface area (Å²) < 4.78 is 21.7. The number of esters is 1. The molecule has 152 valence electrons. The van der Waals surface area contributed by atoms with Crippen LogP contribution in [0.3, 0.4) is 0 Å². The van der Waals surface area contributed by atoms with Gasteiger partial charge in [0.15, 0.2) is 0 Å². The van der Waals surface area contributed by atoms with E-state index in [0.717, 1.165) is 10.6 Å². The molecule has 1 aromatic carbocycles. The van der Waals surface area contributed by atoms with Crippen LogP contribution in [0.5, 0.6) is 0 Å². The fraction of sp³-hybridized carbons (Fsp3) is 0.182. The SMILES string of the molecule is CCOC(=O)c1cn(CC)c2cc(-c3csc(-c4cccnc4)n3)c(F)cc2c1=O. The Labute approximate surface area is 175 Å². The van der Waals surface area contributed by atoms with E-state index in [0.29, 0.717) is 23.3 Å². The van der Waals surface area contributed by atoms with E-state index in [1.165, 1.54) is 23.6 Å². The molecule has 0 radical (unpaired) electrons. The monoisotopic (exact) mass is 423 g/mol. The molecule has 0 aliphatic carbocycles. The van der Waals surface area contributed by atoms with Crippen LogP contribution in [-0.4, -0.2) is 27.1 Å². The number of hydrogen-bond acceptors (Lipinski definition) is 6. The van der Waals surface area contributed by atoms with Gasteiger partial charge in [0.25, 0.3) is 0 Å². The van der Waals surface area contributed by atoms with Gasteiger partial charge in [-0.25, -0.2) is 14.2 Å². The highest BCUT2D eigenvalue weighted by Crippen LogP contribution is 2.31. The molecule has 0 saturated heterocycles. The third-order valence-electron chi connectivity index (χ3n) is 4.69. The van der Waals surface area contributed by atoms with Crippen molar-refractivity contribution in [3.63, 3.8) is 0 Å². The van der Waals surface area contributed by atoms with Gasteiger partial charge in [-0.2, -0.15) is 0 Å². The van der Waals surface area contributed by atoms with Gasteiger partial charge >= 0.3 is 5.97 Å². The molecular weight excluding hydrogens is 405 g/mol. The Morgan fingerprint density at radius 2 is 2.13 bits per heavy atom. The first-order chi connectivity index (χ1) is 14.5. The number of aromatic nitrogens is 3. The van der Waals surface area contributed by atoms with Gasteiger partial charge < -0.3 is 9.30 Å². The molecule has 6 nitrogen and oxygen atoms in total. The average molecular weight is 423 g/mol. The summed E-state index contributed by atoms with van der Waals surface area (Å²) in [7, 11) is 0. The molecule has 4 aromatic rings. The molecule has 0 amide bonds. The maximum Gasteiger partial charge on any atom is 0.343 e. The van der Waals surface area contributed by atoms with Gasteiger partial charge in [-0.05, 0) is 38.1 Å². The van der Waals surface area contributed by atoms with Gasteiger partial charge in [0.1, 0.15) is 16.4 Å². The van der Waals surface area contributed by atoms with Crippen molar-refractivity contribution in [2.45, 2.75) is 20.4 Å². The van der Waals surface area contributed by atoms with Crippen LogP contribution in [0.25, 0.3) is 32.7 Å². The molecular formula is C22H18FN3O3S. The third-order valence-corrected chi connectivity index (χ3v) is 5.59. The quantitative estimate of drug-likeness (QED) is 0.441. The van der Waals surface area contributed by atoms with Crippen LogP contribution in [0, 0.1) is 5.82 Å². The molecule has 0 aliphatic rings. The van der Waals surface area contributed by atoms with E-state index in [4.69, 9.17) is 4.74 Å². The Bertz CT molecular complexity index is 1300. The highest BCUT2D eigenvalue weighted by Gasteiger charge is 2.19. The minimum atomic E-state index is -0.711. The molecule has 0 saturated carbocycles. The summed E-state index contributed by atoms with van der Waals surface area (Å²) in [6, 6.07) is 6.48. The molecule has 0 aliphatic heterocycles.